The van der Waals surface area contributed by atoms with E-state index >= 15 is 0 Å². The maximum atomic E-state index is 12.1. The number of hydrogen-bond acceptors (Lipinski definition) is 8. The molecule has 0 fully saturated rings. The van der Waals surface area contributed by atoms with Gasteiger partial charge in [0.15, 0.2) is 5.65 Å². The first kappa shape index (κ1) is 21.8. The summed E-state index contributed by atoms with van der Waals surface area (Å²) in [7, 11) is 1.68. The number of hydrogen-bond donors (Lipinski definition) is 2. The lowest BCUT2D eigenvalue weighted by Crippen LogP contribution is -2.14. The van der Waals surface area contributed by atoms with E-state index in [1.54, 1.807) is 43.7 Å². The highest BCUT2D eigenvalue weighted by Gasteiger charge is 2.21. The standard InChI is InChI=1S/C25H21N9O/c1-15-5-4-10-28-19(15)13-29-25-31-23-21(18-8-9-20(35)33(2)14-18)22(30-24(27)34(23)32-25)17-7-3-6-16(11-17)12-26/h3-11,14H,13H2,1-2H3,(H2,27,30)(H,29,32). The molecule has 0 amide bonds. The Morgan fingerprint density at radius 1 is 1.11 bits per heavy atom. The molecular weight excluding hydrogens is 442 g/mol. The Morgan fingerprint density at radius 3 is 2.74 bits per heavy atom. The van der Waals surface area contributed by atoms with Gasteiger partial charge in [0, 0.05) is 36.6 Å². The van der Waals surface area contributed by atoms with Crippen molar-refractivity contribution in [3.05, 3.63) is 88.1 Å². The van der Waals surface area contributed by atoms with E-state index in [2.05, 4.69) is 26.5 Å². The van der Waals surface area contributed by atoms with E-state index in [1.165, 1.54) is 15.1 Å². The highest BCUT2D eigenvalue weighted by Crippen LogP contribution is 2.35. The average molecular weight is 464 g/mol. The smallest absolute Gasteiger partial charge is 0.250 e. The molecule has 5 aromatic rings. The summed E-state index contributed by atoms with van der Waals surface area (Å²) in [6.07, 6.45) is 3.45. The third-order valence-corrected chi connectivity index (χ3v) is 5.68. The highest BCUT2D eigenvalue weighted by molar-refractivity contribution is 5.91. The molecule has 0 spiro atoms. The molecule has 0 saturated heterocycles. The quantitative estimate of drug-likeness (QED) is 0.405. The van der Waals surface area contributed by atoms with E-state index in [-0.39, 0.29) is 11.5 Å². The van der Waals surface area contributed by atoms with Gasteiger partial charge in [0.25, 0.3) is 0 Å². The van der Waals surface area contributed by atoms with Crippen LogP contribution in [0.15, 0.2) is 65.7 Å². The molecule has 1 aromatic carbocycles. The number of nitrogens with zero attached hydrogens (tertiary/aromatic N) is 7. The van der Waals surface area contributed by atoms with E-state index < -0.39 is 0 Å². The number of rotatable bonds is 5. The fourth-order valence-corrected chi connectivity index (χ4v) is 3.85. The summed E-state index contributed by atoms with van der Waals surface area (Å²) in [5.41, 5.74) is 11.6. The van der Waals surface area contributed by atoms with Crippen LogP contribution < -0.4 is 16.6 Å². The minimum Gasteiger partial charge on any atom is -0.368 e. The van der Waals surface area contributed by atoms with Crippen molar-refractivity contribution in [1.82, 2.24) is 29.1 Å². The van der Waals surface area contributed by atoms with Crippen LogP contribution >= 0.6 is 0 Å². The van der Waals surface area contributed by atoms with Gasteiger partial charge in [-0.25, -0.2) is 4.98 Å². The maximum absolute atomic E-state index is 12.1. The van der Waals surface area contributed by atoms with E-state index in [0.717, 1.165) is 11.3 Å². The third kappa shape index (κ3) is 4.06. The van der Waals surface area contributed by atoms with Crippen LogP contribution in [0.3, 0.4) is 0 Å². The number of benzene rings is 1. The van der Waals surface area contributed by atoms with E-state index in [4.69, 9.17) is 10.7 Å². The summed E-state index contributed by atoms with van der Waals surface area (Å²) in [6, 6.07) is 16.3. The van der Waals surface area contributed by atoms with Crippen molar-refractivity contribution in [3.63, 3.8) is 0 Å². The molecule has 0 saturated carbocycles. The SMILES string of the molecule is Cc1cccnc1CNc1nc2c(-c3ccc(=O)n(C)c3)c(-c3cccc(C#N)c3)nc(N)n2n1. The van der Waals surface area contributed by atoms with Crippen molar-refractivity contribution in [2.75, 3.05) is 11.1 Å². The normalized spacial score (nSPS) is 10.9. The Morgan fingerprint density at radius 2 is 1.97 bits per heavy atom. The molecule has 0 bridgehead atoms. The van der Waals surface area contributed by atoms with Gasteiger partial charge in [0.05, 0.1) is 35.1 Å². The number of nitrogen functional groups attached to an aromatic ring is 1. The molecule has 10 nitrogen and oxygen atoms in total. The van der Waals surface area contributed by atoms with Crippen LogP contribution in [0.2, 0.25) is 0 Å². The van der Waals surface area contributed by atoms with Gasteiger partial charge in [-0.05, 0) is 36.8 Å². The molecule has 35 heavy (non-hydrogen) atoms. The first-order valence-electron chi connectivity index (χ1n) is 10.8. The van der Waals surface area contributed by atoms with E-state index in [9.17, 15) is 10.1 Å². The largest absolute Gasteiger partial charge is 0.368 e. The second-order valence-electron chi connectivity index (χ2n) is 8.04. The number of aromatic nitrogens is 6. The van der Waals surface area contributed by atoms with E-state index in [1.807, 2.05) is 25.1 Å². The Bertz CT molecular complexity index is 1680. The zero-order chi connectivity index (χ0) is 24.5. The number of nitrogens with two attached hydrogens (primary N) is 1. The zero-order valence-electron chi connectivity index (χ0n) is 19.1. The van der Waals surface area contributed by atoms with E-state index in [0.29, 0.717) is 46.1 Å². The fraction of sp³-hybridized carbons (Fsp3) is 0.120. The van der Waals surface area contributed by atoms with Gasteiger partial charge in [-0.15, -0.1) is 5.10 Å². The molecule has 0 atom stereocenters. The first-order valence-corrected chi connectivity index (χ1v) is 10.8. The molecule has 0 aliphatic carbocycles. The summed E-state index contributed by atoms with van der Waals surface area (Å²) in [6.45, 7) is 2.42. The minimum absolute atomic E-state index is 0.139. The van der Waals surface area contributed by atoms with Crippen LogP contribution in [-0.2, 0) is 13.6 Å². The molecule has 0 unspecified atom stereocenters. The molecular formula is C25H21N9O. The van der Waals surface area contributed by atoms with Crippen LogP contribution in [0.5, 0.6) is 0 Å². The lowest BCUT2D eigenvalue weighted by Gasteiger charge is -2.12. The van der Waals surface area contributed by atoms with Crippen molar-refractivity contribution in [3.8, 4) is 28.5 Å². The first-order chi connectivity index (χ1) is 16.9. The van der Waals surface area contributed by atoms with Crippen LogP contribution in [0.4, 0.5) is 11.9 Å². The van der Waals surface area contributed by atoms with Gasteiger partial charge in [0.1, 0.15) is 0 Å². The third-order valence-electron chi connectivity index (χ3n) is 5.68. The van der Waals surface area contributed by atoms with Crippen molar-refractivity contribution in [1.29, 1.82) is 5.26 Å². The lowest BCUT2D eigenvalue weighted by molar-refractivity contribution is 0.861. The molecule has 172 valence electrons. The van der Waals surface area contributed by atoms with Crippen molar-refractivity contribution < 1.29 is 0 Å². The summed E-state index contributed by atoms with van der Waals surface area (Å²) >= 11 is 0. The van der Waals surface area contributed by atoms with Gasteiger partial charge in [0.2, 0.25) is 17.5 Å². The lowest BCUT2D eigenvalue weighted by atomic mass is 10.00. The average Bonchev–Trinajstić information content (AvgIpc) is 3.30. The number of fused-ring (bicyclic) bond motifs is 1. The summed E-state index contributed by atoms with van der Waals surface area (Å²) in [5, 5.41) is 17.1. The Hall–Kier alpha value is -5.04. The van der Waals surface area contributed by atoms with Crippen molar-refractivity contribution >= 4 is 17.5 Å². The highest BCUT2D eigenvalue weighted by atomic mass is 16.1. The molecule has 0 aliphatic heterocycles. The fourth-order valence-electron chi connectivity index (χ4n) is 3.85. The van der Waals surface area contributed by atoms with Gasteiger partial charge in [-0.2, -0.15) is 14.8 Å². The maximum Gasteiger partial charge on any atom is 0.250 e. The second-order valence-corrected chi connectivity index (χ2v) is 8.04. The Balaban J connectivity index is 1.70. The predicted octanol–water partition coefficient (Wildman–Crippen LogP) is 2.93. The zero-order valence-corrected chi connectivity index (χ0v) is 19.1. The number of nitriles is 1. The molecule has 0 aliphatic rings. The Kier molecular flexibility index (Phi) is 5.43. The topological polar surface area (TPSA) is 140 Å². The number of anilines is 2. The van der Waals surface area contributed by atoms with Gasteiger partial charge < -0.3 is 15.6 Å². The molecule has 0 radical (unpaired) electrons. The minimum atomic E-state index is -0.143. The molecule has 5 rings (SSSR count). The summed E-state index contributed by atoms with van der Waals surface area (Å²) < 4.78 is 2.95. The van der Waals surface area contributed by atoms with Crippen molar-refractivity contribution in [2.45, 2.75) is 13.5 Å². The number of aryl methyl sites for hydroxylation is 2. The van der Waals surface area contributed by atoms with Crippen molar-refractivity contribution in [2.24, 2.45) is 7.05 Å². The monoisotopic (exact) mass is 463 g/mol. The summed E-state index contributed by atoms with van der Waals surface area (Å²) in [4.78, 5) is 25.8. The summed E-state index contributed by atoms with van der Waals surface area (Å²) in [5.74, 6) is 0.498. The van der Waals surface area contributed by atoms with Crippen LogP contribution in [0.1, 0.15) is 16.8 Å². The number of nitrogens with one attached hydrogen (secondary N) is 1. The van der Waals surface area contributed by atoms with Crippen LogP contribution in [-0.4, -0.2) is 29.1 Å². The van der Waals surface area contributed by atoms with Gasteiger partial charge >= 0.3 is 0 Å². The molecule has 4 heterocycles. The van der Waals surface area contributed by atoms with Gasteiger partial charge in [-0.3, -0.25) is 9.78 Å². The number of pyridine rings is 2. The molecule has 4 aromatic heterocycles. The predicted molar refractivity (Wildman–Crippen MR) is 132 cm³/mol. The van der Waals surface area contributed by atoms with Crippen LogP contribution in [0.25, 0.3) is 28.0 Å². The van der Waals surface area contributed by atoms with Gasteiger partial charge in [-0.1, -0.05) is 18.2 Å². The Labute approximate surface area is 200 Å². The second kappa shape index (κ2) is 8.72. The van der Waals surface area contributed by atoms with Crippen LogP contribution in [0, 0.1) is 18.3 Å². The molecule has 3 N–H and O–H groups in total. The molecule has 10 heteroatoms.